The summed E-state index contributed by atoms with van der Waals surface area (Å²) in [5.41, 5.74) is -0.0127. The van der Waals surface area contributed by atoms with Gasteiger partial charge in [-0.1, -0.05) is 13.8 Å². The summed E-state index contributed by atoms with van der Waals surface area (Å²) in [5, 5.41) is 12.0. The first-order valence-electron chi connectivity index (χ1n) is 6.14. The molecule has 1 aromatic heterocycles. The van der Waals surface area contributed by atoms with Crippen molar-refractivity contribution < 1.29 is 17.9 Å². The minimum absolute atomic E-state index is 0.0127. The molecule has 7 heteroatoms. The van der Waals surface area contributed by atoms with Crippen LogP contribution < -0.4 is 10.0 Å². The lowest BCUT2D eigenvalue weighted by Crippen LogP contribution is -2.29. The summed E-state index contributed by atoms with van der Waals surface area (Å²) in [6, 6.07) is 3.07. The highest BCUT2D eigenvalue weighted by atomic mass is 32.2. The quantitative estimate of drug-likeness (QED) is 0.655. The molecule has 0 amide bonds. The van der Waals surface area contributed by atoms with Crippen LogP contribution in [0.5, 0.6) is 0 Å². The first-order chi connectivity index (χ1) is 8.80. The van der Waals surface area contributed by atoms with E-state index in [1.807, 2.05) is 0 Å². The summed E-state index contributed by atoms with van der Waals surface area (Å²) in [6.45, 7) is 5.42. The first-order valence-corrected chi connectivity index (χ1v) is 7.63. The van der Waals surface area contributed by atoms with Gasteiger partial charge >= 0.3 is 0 Å². The van der Waals surface area contributed by atoms with Crippen molar-refractivity contribution in [2.45, 2.75) is 31.9 Å². The number of furan rings is 1. The van der Waals surface area contributed by atoms with Gasteiger partial charge < -0.3 is 14.8 Å². The molecule has 0 fully saturated rings. The summed E-state index contributed by atoms with van der Waals surface area (Å²) in [5.74, 6) is 0.564. The van der Waals surface area contributed by atoms with Crippen molar-refractivity contribution in [3.63, 3.8) is 0 Å². The highest BCUT2D eigenvalue weighted by Crippen LogP contribution is 2.18. The molecule has 0 atom stereocenters. The van der Waals surface area contributed by atoms with Crippen LogP contribution in [0.2, 0.25) is 0 Å². The molecular weight excluding hydrogens is 268 g/mol. The second-order valence-electron chi connectivity index (χ2n) is 5.17. The van der Waals surface area contributed by atoms with Crippen LogP contribution in [0.1, 0.15) is 26.0 Å². The van der Waals surface area contributed by atoms with Crippen molar-refractivity contribution in [1.29, 1.82) is 0 Å². The molecule has 0 saturated heterocycles. The van der Waals surface area contributed by atoms with Crippen molar-refractivity contribution in [3.05, 3.63) is 17.9 Å². The number of aliphatic hydroxyl groups is 1. The molecule has 0 aromatic carbocycles. The summed E-state index contributed by atoms with van der Waals surface area (Å²) in [7, 11) is -2.18. The van der Waals surface area contributed by atoms with Gasteiger partial charge in [0.25, 0.3) is 10.0 Å². The lowest BCUT2D eigenvalue weighted by Gasteiger charge is -2.23. The molecule has 0 aliphatic carbocycles. The first kappa shape index (κ1) is 16.2. The molecular formula is C12H22N2O4S. The Morgan fingerprint density at radius 3 is 2.63 bits per heavy atom. The predicted molar refractivity (Wildman–Crippen MR) is 72.1 cm³/mol. The second-order valence-corrected chi connectivity index (χ2v) is 6.99. The van der Waals surface area contributed by atoms with Gasteiger partial charge in [0.15, 0.2) is 0 Å². The Kier molecular flexibility index (Phi) is 5.54. The average molecular weight is 290 g/mol. The summed E-state index contributed by atoms with van der Waals surface area (Å²) < 4.78 is 30.4. The standard InChI is InChI=1S/C12H22N2O4S/c1-12(2,6-7-15)9-14-8-10-4-5-11(18-10)19(16,17)13-3/h4-5,13-15H,6-9H2,1-3H3. The topological polar surface area (TPSA) is 91.6 Å². The van der Waals surface area contributed by atoms with Crippen molar-refractivity contribution in [2.75, 3.05) is 20.2 Å². The molecule has 0 unspecified atom stereocenters. The fraction of sp³-hybridized carbons (Fsp3) is 0.667. The molecule has 1 aromatic rings. The zero-order valence-electron chi connectivity index (χ0n) is 11.6. The Hall–Kier alpha value is -0.890. The molecule has 1 rings (SSSR count). The van der Waals surface area contributed by atoms with Gasteiger partial charge in [-0.05, 0) is 31.0 Å². The zero-order valence-corrected chi connectivity index (χ0v) is 12.4. The summed E-state index contributed by atoms with van der Waals surface area (Å²) in [6.07, 6.45) is 0.706. The van der Waals surface area contributed by atoms with Crippen LogP contribution in [0.15, 0.2) is 21.6 Å². The van der Waals surface area contributed by atoms with Gasteiger partial charge in [-0.15, -0.1) is 0 Å². The van der Waals surface area contributed by atoms with E-state index in [1.165, 1.54) is 13.1 Å². The van der Waals surface area contributed by atoms with Gasteiger partial charge in [-0.3, -0.25) is 0 Å². The molecule has 0 spiro atoms. The Balaban J connectivity index is 2.52. The molecule has 0 saturated carbocycles. The number of hydrogen-bond donors (Lipinski definition) is 3. The van der Waals surface area contributed by atoms with Crippen LogP contribution in [0, 0.1) is 5.41 Å². The number of nitrogens with one attached hydrogen (secondary N) is 2. The third-order valence-electron chi connectivity index (χ3n) is 2.86. The second kappa shape index (κ2) is 6.51. The van der Waals surface area contributed by atoms with Gasteiger partial charge in [0.1, 0.15) is 5.76 Å². The summed E-state index contributed by atoms with van der Waals surface area (Å²) in [4.78, 5) is 0. The minimum atomic E-state index is -3.52. The normalized spacial score (nSPS) is 12.8. The molecule has 1 heterocycles. The maximum Gasteiger partial charge on any atom is 0.273 e. The predicted octanol–water partition coefficient (Wildman–Crippen LogP) is 0.686. The van der Waals surface area contributed by atoms with Gasteiger partial charge in [0, 0.05) is 13.2 Å². The highest BCUT2D eigenvalue weighted by molar-refractivity contribution is 7.89. The maximum absolute atomic E-state index is 11.5. The lowest BCUT2D eigenvalue weighted by atomic mass is 9.90. The molecule has 0 bridgehead atoms. The van der Waals surface area contributed by atoms with Crippen LogP contribution in [0.4, 0.5) is 0 Å². The number of aliphatic hydroxyl groups excluding tert-OH is 1. The Morgan fingerprint density at radius 1 is 1.37 bits per heavy atom. The molecule has 0 aliphatic rings. The average Bonchev–Trinajstić information content (AvgIpc) is 2.78. The maximum atomic E-state index is 11.5. The van der Waals surface area contributed by atoms with Crippen LogP contribution >= 0.6 is 0 Å². The van der Waals surface area contributed by atoms with E-state index in [1.54, 1.807) is 6.07 Å². The van der Waals surface area contributed by atoms with Gasteiger partial charge in [-0.25, -0.2) is 13.1 Å². The smallest absolute Gasteiger partial charge is 0.273 e. The van der Waals surface area contributed by atoms with E-state index in [4.69, 9.17) is 9.52 Å². The molecule has 3 N–H and O–H groups in total. The van der Waals surface area contributed by atoms with Gasteiger partial charge in [0.2, 0.25) is 5.09 Å². The van der Waals surface area contributed by atoms with E-state index < -0.39 is 10.0 Å². The van der Waals surface area contributed by atoms with E-state index in [2.05, 4.69) is 23.9 Å². The van der Waals surface area contributed by atoms with Gasteiger partial charge in [0.05, 0.1) is 6.54 Å². The monoisotopic (exact) mass is 290 g/mol. The van der Waals surface area contributed by atoms with Crippen molar-refractivity contribution in [3.8, 4) is 0 Å². The third kappa shape index (κ3) is 4.94. The fourth-order valence-corrected chi connectivity index (χ4v) is 2.28. The van der Waals surface area contributed by atoms with E-state index >= 15 is 0 Å². The minimum Gasteiger partial charge on any atom is -0.447 e. The lowest BCUT2D eigenvalue weighted by molar-refractivity contribution is 0.205. The Labute approximate surface area is 114 Å². The van der Waals surface area contributed by atoms with E-state index in [0.717, 1.165) is 0 Å². The largest absolute Gasteiger partial charge is 0.447 e. The number of hydrogen-bond acceptors (Lipinski definition) is 5. The fourth-order valence-electron chi connectivity index (χ4n) is 1.61. The number of sulfonamides is 1. The Bertz CT molecular complexity index is 494. The number of rotatable bonds is 8. The molecule has 0 radical (unpaired) electrons. The Morgan fingerprint density at radius 2 is 2.05 bits per heavy atom. The van der Waals surface area contributed by atoms with E-state index in [-0.39, 0.29) is 17.1 Å². The zero-order chi connectivity index (χ0) is 14.5. The highest BCUT2D eigenvalue weighted by Gasteiger charge is 2.18. The molecule has 0 aliphatic heterocycles. The molecule has 6 nitrogen and oxygen atoms in total. The van der Waals surface area contributed by atoms with Crippen LogP contribution in [-0.4, -0.2) is 33.7 Å². The van der Waals surface area contributed by atoms with Crippen molar-refractivity contribution in [1.82, 2.24) is 10.0 Å². The van der Waals surface area contributed by atoms with Crippen molar-refractivity contribution >= 4 is 10.0 Å². The van der Waals surface area contributed by atoms with Gasteiger partial charge in [-0.2, -0.15) is 0 Å². The SMILES string of the molecule is CNS(=O)(=O)c1ccc(CNCC(C)(C)CCO)o1. The molecule has 19 heavy (non-hydrogen) atoms. The van der Waals surface area contributed by atoms with E-state index in [9.17, 15) is 8.42 Å². The van der Waals surface area contributed by atoms with Crippen LogP contribution in [-0.2, 0) is 16.6 Å². The van der Waals surface area contributed by atoms with Crippen molar-refractivity contribution in [2.24, 2.45) is 5.41 Å². The summed E-state index contributed by atoms with van der Waals surface area (Å²) >= 11 is 0. The van der Waals surface area contributed by atoms with Crippen LogP contribution in [0.3, 0.4) is 0 Å². The third-order valence-corrected chi connectivity index (χ3v) is 4.15. The van der Waals surface area contributed by atoms with E-state index in [0.29, 0.717) is 25.3 Å². The molecule has 110 valence electrons. The van der Waals surface area contributed by atoms with Crippen LogP contribution in [0.25, 0.3) is 0 Å².